The molecule has 2 aromatic rings. The smallest absolute Gasteiger partial charge is 0.411 e. The maximum atomic E-state index is 12.7. The maximum absolute atomic E-state index is 12.7. The molecule has 1 heterocycles. The molecule has 7 nitrogen and oxygen atoms in total. The van der Waals surface area contributed by atoms with Crippen LogP contribution in [0, 0.1) is 0 Å². The molecule has 0 spiro atoms. The molecule has 1 unspecified atom stereocenters. The van der Waals surface area contributed by atoms with Crippen molar-refractivity contribution in [1.82, 2.24) is 0 Å². The Morgan fingerprint density at radius 1 is 1.11 bits per heavy atom. The van der Waals surface area contributed by atoms with Gasteiger partial charge in [-0.25, -0.2) is 9.59 Å². The Balaban J connectivity index is 1.60. The van der Waals surface area contributed by atoms with E-state index in [2.05, 4.69) is 5.32 Å². The molecule has 28 heavy (non-hydrogen) atoms. The van der Waals surface area contributed by atoms with Crippen LogP contribution < -0.4 is 10.2 Å². The average Bonchev–Trinajstić information content (AvgIpc) is 3.12. The number of anilines is 2. The van der Waals surface area contributed by atoms with Crippen LogP contribution >= 0.6 is 0 Å². The Morgan fingerprint density at radius 2 is 1.82 bits per heavy atom. The predicted molar refractivity (Wildman–Crippen MR) is 104 cm³/mol. The third kappa shape index (κ3) is 4.31. The van der Waals surface area contributed by atoms with Crippen molar-refractivity contribution >= 4 is 29.3 Å². The van der Waals surface area contributed by atoms with Crippen molar-refractivity contribution in [2.45, 2.75) is 26.4 Å². The minimum Gasteiger partial charge on any atom is -0.450 e. The van der Waals surface area contributed by atoms with Crippen LogP contribution in [0.3, 0.4) is 0 Å². The van der Waals surface area contributed by atoms with Gasteiger partial charge in [0.15, 0.2) is 6.10 Å². The molecule has 7 heteroatoms. The normalized spacial score (nSPS) is 13.4. The van der Waals surface area contributed by atoms with Crippen LogP contribution in [0.25, 0.3) is 0 Å². The lowest BCUT2D eigenvalue weighted by Gasteiger charge is -2.21. The maximum Gasteiger partial charge on any atom is 0.411 e. The quantitative estimate of drug-likeness (QED) is 0.801. The van der Waals surface area contributed by atoms with Crippen LogP contribution in [0.1, 0.15) is 29.8 Å². The van der Waals surface area contributed by atoms with Crippen molar-refractivity contribution in [3.05, 3.63) is 59.7 Å². The summed E-state index contributed by atoms with van der Waals surface area (Å²) in [6, 6.07) is 13.9. The third-order valence-electron chi connectivity index (χ3n) is 4.43. The lowest BCUT2D eigenvalue weighted by Crippen LogP contribution is -2.39. The molecule has 1 atom stereocenters. The number of rotatable bonds is 5. The largest absolute Gasteiger partial charge is 0.450 e. The van der Waals surface area contributed by atoms with E-state index >= 15 is 0 Å². The minimum absolute atomic E-state index is 0.251. The first-order valence-electron chi connectivity index (χ1n) is 9.13. The zero-order chi connectivity index (χ0) is 20.1. The summed E-state index contributed by atoms with van der Waals surface area (Å²) in [5.41, 5.74) is 2.76. The van der Waals surface area contributed by atoms with Gasteiger partial charge in [0.1, 0.15) is 0 Å². The van der Waals surface area contributed by atoms with E-state index in [0.29, 0.717) is 12.2 Å². The first kappa shape index (κ1) is 19.4. The van der Waals surface area contributed by atoms with Gasteiger partial charge in [0.25, 0.3) is 5.91 Å². The molecule has 0 fully saturated rings. The van der Waals surface area contributed by atoms with Crippen LogP contribution in [0.5, 0.6) is 0 Å². The first-order valence-corrected chi connectivity index (χ1v) is 9.13. The highest BCUT2D eigenvalue weighted by molar-refractivity contribution is 6.00. The molecule has 2 aromatic carbocycles. The molecular weight excluding hydrogens is 360 g/mol. The number of fused-ring (bicyclic) bond motifs is 1. The van der Waals surface area contributed by atoms with Gasteiger partial charge >= 0.3 is 12.1 Å². The molecule has 0 saturated heterocycles. The first-order chi connectivity index (χ1) is 13.5. The Bertz CT molecular complexity index is 879. The number of nitrogens with one attached hydrogen (secondary N) is 1. The highest BCUT2D eigenvalue weighted by Gasteiger charge is 2.29. The highest BCUT2D eigenvalue weighted by atomic mass is 16.6. The monoisotopic (exact) mass is 382 g/mol. The number of carbonyl (C=O) groups is 3. The van der Waals surface area contributed by atoms with Crippen molar-refractivity contribution in [2.75, 3.05) is 23.4 Å². The molecule has 1 aliphatic rings. The minimum atomic E-state index is -0.906. The SMILES string of the molecule is CCOC(=O)Nc1ccc(C(=O)OC(C)C(=O)N2CCc3ccccc32)cc1. The van der Waals surface area contributed by atoms with Gasteiger partial charge in [-0.1, -0.05) is 18.2 Å². The number of hydrogen-bond acceptors (Lipinski definition) is 5. The molecule has 1 aliphatic heterocycles. The molecule has 1 N–H and O–H groups in total. The van der Waals surface area contributed by atoms with Crippen molar-refractivity contribution in [2.24, 2.45) is 0 Å². The van der Waals surface area contributed by atoms with E-state index < -0.39 is 18.2 Å². The Labute approximate surface area is 163 Å². The van der Waals surface area contributed by atoms with Crippen molar-refractivity contribution in [1.29, 1.82) is 0 Å². The van der Waals surface area contributed by atoms with E-state index in [1.807, 2.05) is 24.3 Å². The predicted octanol–water partition coefficient (Wildman–Crippen LogP) is 3.39. The number of esters is 1. The summed E-state index contributed by atoms with van der Waals surface area (Å²) in [4.78, 5) is 38.1. The van der Waals surface area contributed by atoms with E-state index in [1.54, 1.807) is 30.9 Å². The van der Waals surface area contributed by atoms with Crippen molar-refractivity contribution in [3.8, 4) is 0 Å². The van der Waals surface area contributed by atoms with Crippen molar-refractivity contribution < 1.29 is 23.9 Å². The summed E-state index contributed by atoms with van der Waals surface area (Å²) in [5, 5.41) is 2.54. The summed E-state index contributed by atoms with van der Waals surface area (Å²) in [6.07, 6.45) is -0.684. The number of nitrogens with zero attached hydrogens (tertiary/aromatic N) is 1. The molecule has 3 rings (SSSR count). The van der Waals surface area contributed by atoms with Gasteiger partial charge in [-0.05, 0) is 56.2 Å². The van der Waals surface area contributed by atoms with Gasteiger partial charge < -0.3 is 14.4 Å². The van der Waals surface area contributed by atoms with E-state index in [9.17, 15) is 14.4 Å². The van der Waals surface area contributed by atoms with Crippen LogP contribution in [-0.4, -0.2) is 37.2 Å². The van der Waals surface area contributed by atoms with Crippen LogP contribution in [0.4, 0.5) is 16.2 Å². The molecule has 0 aliphatic carbocycles. The molecule has 2 amide bonds. The summed E-state index contributed by atoms with van der Waals surface area (Å²) in [7, 11) is 0. The number of hydrogen-bond donors (Lipinski definition) is 1. The average molecular weight is 382 g/mol. The van der Waals surface area contributed by atoms with Crippen molar-refractivity contribution in [3.63, 3.8) is 0 Å². The topological polar surface area (TPSA) is 84.9 Å². The number of ether oxygens (including phenoxy) is 2. The van der Waals surface area contributed by atoms with E-state index in [4.69, 9.17) is 9.47 Å². The van der Waals surface area contributed by atoms with Gasteiger partial charge in [-0.2, -0.15) is 0 Å². The second-order valence-electron chi connectivity index (χ2n) is 6.34. The fraction of sp³-hybridized carbons (Fsp3) is 0.286. The van der Waals surface area contributed by atoms with Gasteiger partial charge in [-0.3, -0.25) is 10.1 Å². The van der Waals surface area contributed by atoms with E-state index in [1.165, 1.54) is 12.1 Å². The molecule has 0 aromatic heterocycles. The molecule has 146 valence electrons. The molecule has 0 saturated carbocycles. The Kier molecular flexibility index (Phi) is 5.93. The van der Waals surface area contributed by atoms with Gasteiger partial charge in [0, 0.05) is 17.9 Å². The standard InChI is InChI=1S/C21H22N2O5/c1-3-27-21(26)22-17-10-8-16(9-11-17)20(25)28-14(2)19(24)23-13-12-15-6-4-5-7-18(15)23/h4-11,14H,3,12-13H2,1-2H3,(H,22,26). The van der Waals surface area contributed by atoms with Crippen LogP contribution in [0.15, 0.2) is 48.5 Å². The number of amides is 2. The Hall–Kier alpha value is -3.35. The fourth-order valence-electron chi connectivity index (χ4n) is 3.04. The molecule has 0 radical (unpaired) electrons. The Morgan fingerprint density at radius 3 is 2.54 bits per heavy atom. The van der Waals surface area contributed by atoms with Gasteiger partial charge in [0.2, 0.25) is 0 Å². The molecular formula is C21H22N2O5. The number of carbonyl (C=O) groups excluding carboxylic acids is 3. The van der Waals surface area contributed by atoms with Crippen LogP contribution in [0.2, 0.25) is 0 Å². The lowest BCUT2D eigenvalue weighted by molar-refractivity contribution is -0.126. The lowest BCUT2D eigenvalue weighted by atomic mass is 10.2. The highest BCUT2D eigenvalue weighted by Crippen LogP contribution is 2.28. The summed E-state index contributed by atoms with van der Waals surface area (Å²) < 4.78 is 10.1. The van der Waals surface area contributed by atoms with Crippen LogP contribution in [-0.2, 0) is 20.7 Å². The number of benzene rings is 2. The zero-order valence-electron chi connectivity index (χ0n) is 15.8. The van der Waals surface area contributed by atoms with E-state index in [-0.39, 0.29) is 18.1 Å². The number of para-hydroxylation sites is 1. The fourth-order valence-corrected chi connectivity index (χ4v) is 3.04. The van der Waals surface area contributed by atoms with Gasteiger partial charge in [0.05, 0.1) is 12.2 Å². The second-order valence-corrected chi connectivity index (χ2v) is 6.34. The van der Waals surface area contributed by atoms with E-state index in [0.717, 1.165) is 17.7 Å². The van der Waals surface area contributed by atoms with Gasteiger partial charge in [-0.15, -0.1) is 0 Å². The summed E-state index contributed by atoms with van der Waals surface area (Å²) >= 11 is 0. The third-order valence-corrected chi connectivity index (χ3v) is 4.43. The molecule has 0 bridgehead atoms. The summed E-state index contributed by atoms with van der Waals surface area (Å²) in [5.74, 6) is -0.852. The summed E-state index contributed by atoms with van der Waals surface area (Å²) in [6.45, 7) is 4.12. The zero-order valence-corrected chi connectivity index (χ0v) is 15.8. The second kappa shape index (κ2) is 8.56.